The zero-order valence-electron chi connectivity index (χ0n) is 15.3. The van der Waals surface area contributed by atoms with Gasteiger partial charge in [0.2, 0.25) is 5.82 Å². The molecule has 0 amide bonds. The van der Waals surface area contributed by atoms with Crippen LogP contribution in [0, 0.1) is 10.1 Å². The topological polar surface area (TPSA) is 122 Å². The molecular formula is C20H15N3O6. The van der Waals surface area contributed by atoms with E-state index in [4.69, 9.17) is 13.7 Å². The molecule has 0 radical (unpaired) electrons. The van der Waals surface area contributed by atoms with Crippen LogP contribution in [0.2, 0.25) is 0 Å². The first kappa shape index (κ1) is 18.4. The average molecular weight is 393 g/mol. The van der Waals surface area contributed by atoms with E-state index in [-0.39, 0.29) is 18.2 Å². The zero-order valence-corrected chi connectivity index (χ0v) is 15.3. The number of nitro benzene ring substituents is 1. The molecule has 29 heavy (non-hydrogen) atoms. The summed E-state index contributed by atoms with van der Waals surface area (Å²) in [5.41, 5.74) is 1.52. The van der Waals surface area contributed by atoms with Crippen LogP contribution in [0.5, 0.6) is 5.75 Å². The highest BCUT2D eigenvalue weighted by molar-refractivity contribution is 5.81. The lowest BCUT2D eigenvalue weighted by Gasteiger charge is -2.06. The Morgan fingerprint density at radius 2 is 1.93 bits per heavy atom. The van der Waals surface area contributed by atoms with Crippen LogP contribution in [0.3, 0.4) is 0 Å². The minimum atomic E-state index is -0.478. The van der Waals surface area contributed by atoms with Gasteiger partial charge >= 0.3 is 5.63 Å². The molecule has 0 aliphatic heterocycles. The number of aryl methyl sites for hydroxylation is 1. The van der Waals surface area contributed by atoms with Crippen LogP contribution in [0.15, 0.2) is 62.3 Å². The summed E-state index contributed by atoms with van der Waals surface area (Å²) in [6.07, 6.45) is 0.718. The van der Waals surface area contributed by atoms with Gasteiger partial charge in [-0.2, -0.15) is 4.98 Å². The lowest BCUT2D eigenvalue weighted by molar-refractivity contribution is -0.384. The lowest BCUT2D eigenvalue weighted by atomic mass is 10.1. The van der Waals surface area contributed by atoms with Gasteiger partial charge in [-0.05, 0) is 36.2 Å². The summed E-state index contributed by atoms with van der Waals surface area (Å²) < 4.78 is 16.1. The molecular weight excluding hydrogens is 378 g/mol. The second kappa shape index (κ2) is 7.55. The van der Waals surface area contributed by atoms with Crippen molar-refractivity contribution in [1.29, 1.82) is 0 Å². The summed E-state index contributed by atoms with van der Waals surface area (Å²) >= 11 is 0. The number of nitro groups is 1. The predicted octanol–water partition coefficient (Wildman–Crippen LogP) is 3.89. The SMILES string of the molecule is CCc1cc(=O)oc2cc(OCc3nc(-c4ccc([N+](=O)[O-])cc4)no3)ccc12. The van der Waals surface area contributed by atoms with Crippen molar-refractivity contribution < 1.29 is 18.6 Å². The molecule has 0 N–H and O–H groups in total. The molecule has 0 atom stereocenters. The van der Waals surface area contributed by atoms with Gasteiger partial charge in [-0.1, -0.05) is 12.1 Å². The minimum absolute atomic E-state index is 0.0171. The Morgan fingerprint density at radius 1 is 1.14 bits per heavy atom. The monoisotopic (exact) mass is 393 g/mol. The smallest absolute Gasteiger partial charge is 0.336 e. The van der Waals surface area contributed by atoms with Crippen molar-refractivity contribution in [1.82, 2.24) is 10.1 Å². The van der Waals surface area contributed by atoms with Gasteiger partial charge in [0, 0.05) is 35.2 Å². The van der Waals surface area contributed by atoms with E-state index >= 15 is 0 Å². The van der Waals surface area contributed by atoms with Gasteiger partial charge in [0.25, 0.3) is 11.6 Å². The van der Waals surface area contributed by atoms with Crippen molar-refractivity contribution in [3.63, 3.8) is 0 Å². The molecule has 0 fully saturated rings. The lowest BCUT2D eigenvalue weighted by Crippen LogP contribution is -2.00. The maximum absolute atomic E-state index is 11.7. The van der Waals surface area contributed by atoms with Gasteiger partial charge in [-0.15, -0.1) is 0 Å². The molecule has 9 heteroatoms. The van der Waals surface area contributed by atoms with E-state index in [1.165, 1.54) is 18.2 Å². The number of benzene rings is 2. The Balaban J connectivity index is 1.49. The van der Waals surface area contributed by atoms with E-state index in [1.807, 2.05) is 13.0 Å². The van der Waals surface area contributed by atoms with Crippen LogP contribution >= 0.6 is 0 Å². The molecule has 0 aliphatic rings. The summed E-state index contributed by atoms with van der Waals surface area (Å²) in [6, 6.07) is 12.6. The zero-order chi connectivity index (χ0) is 20.4. The molecule has 4 aromatic rings. The average Bonchev–Trinajstić information content (AvgIpc) is 3.20. The first-order valence-corrected chi connectivity index (χ1v) is 8.80. The second-order valence-electron chi connectivity index (χ2n) is 6.21. The van der Waals surface area contributed by atoms with Crippen LogP contribution in [0.25, 0.3) is 22.4 Å². The third-order valence-corrected chi connectivity index (χ3v) is 4.35. The quantitative estimate of drug-likeness (QED) is 0.275. The Kier molecular flexibility index (Phi) is 4.78. The number of hydrogen-bond acceptors (Lipinski definition) is 8. The Bertz CT molecular complexity index is 1240. The third-order valence-electron chi connectivity index (χ3n) is 4.35. The van der Waals surface area contributed by atoms with Crippen molar-refractivity contribution in [2.45, 2.75) is 20.0 Å². The molecule has 0 spiro atoms. The molecule has 146 valence electrons. The first-order chi connectivity index (χ1) is 14.0. The van der Waals surface area contributed by atoms with Crippen LogP contribution in [-0.2, 0) is 13.0 Å². The highest BCUT2D eigenvalue weighted by atomic mass is 16.6. The van der Waals surface area contributed by atoms with Crippen molar-refractivity contribution >= 4 is 16.7 Å². The summed E-state index contributed by atoms with van der Waals surface area (Å²) in [5, 5.41) is 15.4. The fourth-order valence-corrected chi connectivity index (χ4v) is 2.90. The number of nitrogens with zero attached hydrogens (tertiary/aromatic N) is 3. The second-order valence-corrected chi connectivity index (χ2v) is 6.21. The molecule has 0 saturated carbocycles. The molecule has 2 aromatic heterocycles. The number of aromatic nitrogens is 2. The highest BCUT2D eigenvalue weighted by Gasteiger charge is 2.12. The summed E-state index contributed by atoms with van der Waals surface area (Å²) in [7, 11) is 0. The van der Waals surface area contributed by atoms with Crippen molar-refractivity contribution in [2.75, 3.05) is 0 Å². The first-order valence-electron chi connectivity index (χ1n) is 8.80. The van der Waals surface area contributed by atoms with E-state index in [0.29, 0.717) is 22.7 Å². The van der Waals surface area contributed by atoms with Gasteiger partial charge < -0.3 is 13.7 Å². The van der Waals surface area contributed by atoms with Gasteiger partial charge in [-0.25, -0.2) is 4.79 Å². The van der Waals surface area contributed by atoms with E-state index < -0.39 is 10.5 Å². The molecule has 0 unspecified atom stereocenters. The molecule has 0 bridgehead atoms. The van der Waals surface area contributed by atoms with E-state index in [2.05, 4.69) is 10.1 Å². The third kappa shape index (κ3) is 3.84. The Morgan fingerprint density at radius 3 is 2.66 bits per heavy atom. The normalized spacial score (nSPS) is 10.9. The largest absolute Gasteiger partial charge is 0.484 e. The van der Waals surface area contributed by atoms with E-state index in [0.717, 1.165) is 17.4 Å². The van der Waals surface area contributed by atoms with Gasteiger partial charge in [0.15, 0.2) is 6.61 Å². The molecule has 0 saturated heterocycles. The van der Waals surface area contributed by atoms with Crippen LogP contribution < -0.4 is 10.4 Å². The maximum atomic E-state index is 11.7. The molecule has 9 nitrogen and oxygen atoms in total. The van der Waals surface area contributed by atoms with E-state index in [1.54, 1.807) is 24.3 Å². The van der Waals surface area contributed by atoms with Crippen LogP contribution in [0.4, 0.5) is 5.69 Å². The number of hydrogen-bond donors (Lipinski definition) is 0. The van der Waals surface area contributed by atoms with Crippen molar-refractivity contribution in [3.8, 4) is 17.1 Å². The van der Waals surface area contributed by atoms with Gasteiger partial charge in [0.05, 0.1) is 4.92 Å². The summed E-state index contributed by atoms with van der Waals surface area (Å²) in [6.45, 7) is 1.99. The fourth-order valence-electron chi connectivity index (χ4n) is 2.90. The molecule has 4 rings (SSSR count). The number of rotatable bonds is 6. The van der Waals surface area contributed by atoms with Crippen molar-refractivity contribution in [3.05, 3.63) is 80.5 Å². The minimum Gasteiger partial charge on any atom is -0.484 e. The van der Waals surface area contributed by atoms with Crippen molar-refractivity contribution in [2.24, 2.45) is 0 Å². The highest BCUT2D eigenvalue weighted by Crippen LogP contribution is 2.24. The van der Waals surface area contributed by atoms with Gasteiger partial charge in [0.1, 0.15) is 11.3 Å². The maximum Gasteiger partial charge on any atom is 0.336 e. The number of non-ortho nitro benzene ring substituents is 1. The molecule has 0 aliphatic carbocycles. The van der Waals surface area contributed by atoms with Gasteiger partial charge in [-0.3, -0.25) is 10.1 Å². The standard InChI is InChI=1S/C20H15N3O6/c1-2-12-9-19(24)28-17-10-15(7-8-16(12)17)27-11-18-21-20(22-29-18)13-3-5-14(6-4-13)23(25)26/h3-10H,2,11H2,1H3. The molecule has 2 heterocycles. The van der Waals surface area contributed by atoms with E-state index in [9.17, 15) is 14.9 Å². The summed E-state index contributed by atoms with van der Waals surface area (Å²) in [5.74, 6) is 1.03. The van der Waals surface area contributed by atoms with Crippen LogP contribution in [-0.4, -0.2) is 15.1 Å². The number of fused-ring (bicyclic) bond motifs is 1. The predicted molar refractivity (Wildman–Crippen MR) is 103 cm³/mol. The number of ether oxygens (including phenoxy) is 1. The fraction of sp³-hybridized carbons (Fsp3) is 0.150. The Hall–Kier alpha value is -4.01. The Labute approximate surface area is 163 Å². The van der Waals surface area contributed by atoms with Crippen LogP contribution in [0.1, 0.15) is 18.4 Å². The summed E-state index contributed by atoms with van der Waals surface area (Å²) in [4.78, 5) is 26.1. The molecule has 2 aromatic carbocycles.